The molecule has 0 bridgehead atoms. The molecule has 0 radical (unpaired) electrons. The van der Waals surface area contributed by atoms with Gasteiger partial charge in [-0.25, -0.2) is 9.18 Å². The number of anilines is 2. The summed E-state index contributed by atoms with van der Waals surface area (Å²) in [5.41, 5.74) is 8.95. The van der Waals surface area contributed by atoms with Gasteiger partial charge < -0.3 is 15.4 Å². The number of rotatable bonds is 4. The average molecular weight is 507 g/mol. The first-order valence-corrected chi connectivity index (χ1v) is 12.3. The largest absolute Gasteiger partial charge is 0.456 e. The second-order valence-electron chi connectivity index (χ2n) is 9.41. The number of hydrogen-bond donors (Lipinski definition) is 1. The van der Waals surface area contributed by atoms with E-state index in [-0.39, 0.29) is 35.9 Å². The predicted molar refractivity (Wildman–Crippen MR) is 139 cm³/mol. The van der Waals surface area contributed by atoms with Crippen LogP contribution >= 0.6 is 0 Å². The third kappa shape index (κ3) is 3.12. The highest BCUT2D eigenvalue weighted by atomic mass is 19.1. The second kappa shape index (κ2) is 8.60. The number of esters is 1. The van der Waals surface area contributed by atoms with Gasteiger partial charge in [0.15, 0.2) is 0 Å². The maximum atomic E-state index is 14.5. The van der Waals surface area contributed by atoms with Gasteiger partial charge >= 0.3 is 5.97 Å². The van der Waals surface area contributed by atoms with E-state index in [9.17, 15) is 19.2 Å². The molecule has 1 spiro atoms. The first-order valence-electron chi connectivity index (χ1n) is 12.3. The molecule has 3 heterocycles. The normalized spacial score (nSPS) is 20.1. The number of para-hydroxylation sites is 1. The Morgan fingerprint density at radius 1 is 1.03 bits per heavy atom. The lowest BCUT2D eigenvalue weighted by Crippen LogP contribution is -2.50. The van der Waals surface area contributed by atoms with Crippen LogP contribution in [0.5, 0.6) is 0 Å². The van der Waals surface area contributed by atoms with Crippen LogP contribution in [-0.2, 0) is 32.7 Å². The van der Waals surface area contributed by atoms with Crippen molar-refractivity contribution in [3.63, 3.8) is 0 Å². The summed E-state index contributed by atoms with van der Waals surface area (Å²) >= 11 is 0. The molecule has 0 saturated heterocycles. The smallest absolute Gasteiger partial charge is 0.338 e. The molecule has 3 aliphatic rings. The number of halogens is 1. The zero-order chi connectivity index (χ0) is 26.6. The zero-order valence-electron chi connectivity index (χ0n) is 20.6. The van der Waals surface area contributed by atoms with Gasteiger partial charge in [-0.1, -0.05) is 49.4 Å². The summed E-state index contributed by atoms with van der Waals surface area (Å²) in [5, 5.41) is 10.5. The highest BCUT2D eigenvalue weighted by Crippen LogP contribution is 2.56. The van der Waals surface area contributed by atoms with Crippen LogP contribution in [0.3, 0.4) is 0 Å². The number of nitrogens with two attached hydrogens (primary N) is 1. The standard InChI is InChI=1S/C30H23FN4O3/c1-2-18-9-13-21(14-10-18)35-25-17-38-28(36)26(25)30(23(15-32)27(35)33)22-5-3-4-6-24(22)34(29(30)37)16-19-7-11-20(31)12-8-19/h3-14H,2,16-17,33H2,1H3/t30-/m1/s1. The molecule has 8 heteroatoms. The van der Waals surface area contributed by atoms with E-state index in [0.717, 1.165) is 12.0 Å². The molecule has 188 valence electrons. The molecule has 0 fully saturated rings. The van der Waals surface area contributed by atoms with Crippen LogP contribution in [0.2, 0.25) is 0 Å². The van der Waals surface area contributed by atoms with Gasteiger partial charge in [-0.3, -0.25) is 9.69 Å². The van der Waals surface area contributed by atoms with Crippen LogP contribution in [-0.4, -0.2) is 18.5 Å². The van der Waals surface area contributed by atoms with Gasteiger partial charge in [0.25, 0.3) is 0 Å². The quantitative estimate of drug-likeness (QED) is 0.533. The SMILES string of the molecule is CCc1ccc(N2C(N)=C(C#N)[C@@]3(C(=O)N(Cc4ccc(F)cc4)c4ccccc43)C3=C2COC3=O)cc1. The van der Waals surface area contributed by atoms with E-state index in [2.05, 4.69) is 6.07 Å². The molecular weight excluding hydrogens is 483 g/mol. The number of carbonyl (C=O) groups is 2. The molecule has 1 atom stereocenters. The van der Waals surface area contributed by atoms with Gasteiger partial charge in [0.05, 0.1) is 23.4 Å². The van der Waals surface area contributed by atoms with Crippen molar-refractivity contribution in [2.24, 2.45) is 5.73 Å². The molecule has 3 aromatic carbocycles. The topological polar surface area (TPSA) is 99.7 Å². The maximum Gasteiger partial charge on any atom is 0.338 e. The number of hydrogen-bond acceptors (Lipinski definition) is 6. The predicted octanol–water partition coefficient (Wildman–Crippen LogP) is 4.20. The summed E-state index contributed by atoms with van der Waals surface area (Å²) in [5.74, 6) is -1.46. The van der Waals surface area contributed by atoms with Crippen molar-refractivity contribution in [3.05, 3.63) is 118 Å². The summed E-state index contributed by atoms with van der Waals surface area (Å²) in [6, 6.07) is 22.7. The molecule has 6 rings (SSSR count). The molecule has 0 aliphatic carbocycles. The highest BCUT2D eigenvalue weighted by Gasteiger charge is 2.63. The van der Waals surface area contributed by atoms with Gasteiger partial charge in [-0.05, 0) is 47.9 Å². The van der Waals surface area contributed by atoms with Crippen molar-refractivity contribution in [1.82, 2.24) is 0 Å². The number of nitrogens with zero attached hydrogens (tertiary/aromatic N) is 3. The molecule has 38 heavy (non-hydrogen) atoms. The van der Waals surface area contributed by atoms with Crippen molar-refractivity contribution in [2.75, 3.05) is 16.4 Å². The van der Waals surface area contributed by atoms with Crippen molar-refractivity contribution >= 4 is 23.3 Å². The summed E-state index contributed by atoms with van der Waals surface area (Å²) in [7, 11) is 0. The van der Waals surface area contributed by atoms with E-state index in [0.29, 0.717) is 28.2 Å². The van der Waals surface area contributed by atoms with E-state index in [1.807, 2.05) is 31.2 Å². The first-order chi connectivity index (χ1) is 18.4. The number of fused-ring (bicyclic) bond motifs is 3. The van der Waals surface area contributed by atoms with E-state index in [1.165, 1.54) is 17.0 Å². The van der Waals surface area contributed by atoms with Crippen LogP contribution < -0.4 is 15.5 Å². The Hall–Kier alpha value is -4.90. The van der Waals surface area contributed by atoms with Crippen LogP contribution in [0.4, 0.5) is 15.8 Å². The van der Waals surface area contributed by atoms with Gasteiger partial charge in [-0.15, -0.1) is 0 Å². The summed E-state index contributed by atoms with van der Waals surface area (Å²) in [6.45, 7) is 2.08. The maximum absolute atomic E-state index is 14.5. The molecular formula is C30H23FN4O3. The van der Waals surface area contributed by atoms with E-state index in [4.69, 9.17) is 10.5 Å². The average Bonchev–Trinajstić information content (AvgIpc) is 3.42. The van der Waals surface area contributed by atoms with Gasteiger partial charge in [0.2, 0.25) is 5.91 Å². The molecule has 0 aromatic heterocycles. The number of nitriles is 1. The molecule has 1 amide bonds. The van der Waals surface area contributed by atoms with E-state index < -0.39 is 17.3 Å². The summed E-state index contributed by atoms with van der Waals surface area (Å²) in [6.07, 6.45) is 0.850. The first kappa shape index (κ1) is 23.5. The number of ether oxygens (including phenoxy) is 1. The van der Waals surface area contributed by atoms with Gasteiger partial charge in [-0.2, -0.15) is 5.26 Å². The number of aryl methyl sites for hydroxylation is 1. The Labute approximate surface area is 218 Å². The lowest BCUT2D eigenvalue weighted by atomic mass is 9.67. The fraction of sp³-hybridized carbons (Fsp3) is 0.167. The van der Waals surface area contributed by atoms with Crippen molar-refractivity contribution in [2.45, 2.75) is 25.3 Å². The lowest BCUT2D eigenvalue weighted by Gasteiger charge is -2.38. The minimum absolute atomic E-state index is 0.0336. The summed E-state index contributed by atoms with van der Waals surface area (Å²) < 4.78 is 19.0. The Morgan fingerprint density at radius 2 is 1.71 bits per heavy atom. The third-order valence-electron chi connectivity index (χ3n) is 7.48. The minimum atomic E-state index is -1.75. The molecule has 7 nitrogen and oxygen atoms in total. The Kier molecular flexibility index (Phi) is 5.31. The van der Waals surface area contributed by atoms with Gasteiger partial charge in [0, 0.05) is 16.9 Å². The van der Waals surface area contributed by atoms with Crippen LogP contribution in [0, 0.1) is 17.1 Å². The highest BCUT2D eigenvalue weighted by molar-refractivity contribution is 6.19. The second-order valence-corrected chi connectivity index (χ2v) is 9.41. The zero-order valence-corrected chi connectivity index (χ0v) is 20.6. The van der Waals surface area contributed by atoms with E-state index in [1.54, 1.807) is 41.3 Å². The summed E-state index contributed by atoms with van der Waals surface area (Å²) in [4.78, 5) is 31.0. The van der Waals surface area contributed by atoms with Gasteiger partial charge in [0.1, 0.15) is 29.7 Å². The number of amides is 1. The van der Waals surface area contributed by atoms with Crippen molar-refractivity contribution in [3.8, 4) is 6.07 Å². The Balaban J connectivity index is 1.58. The Morgan fingerprint density at radius 3 is 2.39 bits per heavy atom. The fourth-order valence-electron chi connectivity index (χ4n) is 5.70. The number of carbonyl (C=O) groups excluding carboxylic acids is 2. The lowest BCUT2D eigenvalue weighted by molar-refractivity contribution is -0.137. The minimum Gasteiger partial charge on any atom is -0.456 e. The van der Waals surface area contributed by atoms with Crippen molar-refractivity contribution in [1.29, 1.82) is 5.26 Å². The van der Waals surface area contributed by atoms with Crippen molar-refractivity contribution < 1.29 is 18.7 Å². The molecule has 0 saturated carbocycles. The number of benzene rings is 3. The fourth-order valence-corrected chi connectivity index (χ4v) is 5.70. The van der Waals surface area contributed by atoms with Crippen LogP contribution in [0.1, 0.15) is 23.6 Å². The molecule has 0 unspecified atom stereocenters. The van der Waals surface area contributed by atoms with Crippen LogP contribution in [0.25, 0.3) is 0 Å². The molecule has 3 aromatic rings. The number of cyclic esters (lactones) is 1. The molecule has 2 N–H and O–H groups in total. The van der Waals surface area contributed by atoms with E-state index >= 15 is 0 Å². The van der Waals surface area contributed by atoms with Crippen LogP contribution in [0.15, 0.2) is 95.5 Å². The third-order valence-corrected chi connectivity index (χ3v) is 7.48. The Bertz CT molecular complexity index is 1600. The monoisotopic (exact) mass is 506 g/mol. The molecule has 3 aliphatic heterocycles.